The van der Waals surface area contributed by atoms with E-state index < -0.39 is 0 Å². The molecule has 1 saturated heterocycles. The fourth-order valence-corrected chi connectivity index (χ4v) is 3.80. The minimum absolute atomic E-state index is 0.234. The average molecular weight is 347 g/mol. The predicted octanol–water partition coefficient (Wildman–Crippen LogP) is 3.57. The van der Waals surface area contributed by atoms with Gasteiger partial charge >= 0.3 is 0 Å². The van der Waals surface area contributed by atoms with Gasteiger partial charge < -0.3 is 14.6 Å². The largest absolute Gasteiger partial charge is 0.490 e. The van der Waals surface area contributed by atoms with Crippen molar-refractivity contribution < 1.29 is 4.74 Å². The number of piperidine rings is 1. The number of nitrogens with zero attached hydrogens (tertiary/aromatic N) is 4. The summed E-state index contributed by atoms with van der Waals surface area (Å²) in [6.45, 7) is 3.88. The Hall–Kier alpha value is -3.02. The van der Waals surface area contributed by atoms with E-state index in [2.05, 4.69) is 44.2 Å². The highest BCUT2D eigenvalue weighted by molar-refractivity contribution is 5.85. The maximum atomic E-state index is 6.32. The van der Waals surface area contributed by atoms with Crippen molar-refractivity contribution in [1.29, 1.82) is 0 Å². The summed E-state index contributed by atoms with van der Waals surface area (Å²) in [4.78, 5) is 10.2. The van der Waals surface area contributed by atoms with Crippen LogP contribution >= 0.6 is 0 Å². The van der Waals surface area contributed by atoms with Crippen molar-refractivity contribution in [2.75, 3.05) is 18.0 Å². The molecule has 1 aromatic carbocycles. The number of rotatable bonds is 3. The second kappa shape index (κ2) is 6.05. The molecule has 1 aliphatic heterocycles. The minimum atomic E-state index is 0.234. The molecule has 4 aromatic rings. The Morgan fingerprint density at radius 1 is 1.19 bits per heavy atom. The van der Waals surface area contributed by atoms with E-state index in [1.165, 1.54) is 0 Å². The van der Waals surface area contributed by atoms with Gasteiger partial charge in [0.1, 0.15) is 17.4 Å². The zero-order chi connectivity index (χ0) is 17.5. The van der Waals surface area contributed by atoms with Crippen LogP contribution in [-0.4, -0.2) is 38.8 Å². The average Bonchev–Trinajstić information content (AvgIpc) is 3.28. The van der Waals surface area contributed by atoms with Gasteiger partial charge in [-0.25, -0.2) is 9.50 Å². The molecular formula is C20H21N5O. The van der Waals surface area contributed by atoms with Gasteiger partial charge in [0.05, 0.1) is 5.69 Å². The van der Waals surface area contributed by atoms with E-state index in [0.29, 0.717) is 0 Å². The van der Waals surface area contributed by atoms with Crippen molar-refractivity contribution in [2.45, 2.75) is 25.9 Å². The van der Waals surface area contributed by atoms with E-state index in [9.17, 15) is 0 Å². The van der Waals surface area contributed by atoms with Gasteiger partial charge in [-0.15, -0.1) is 0 Å². The molecule has 1 N–H and O–H groups in total. The van der Waals surface area contributed by atoms with Crippen LogP contribution in [-0.2, 0) is 0 Å². The number of aromatic nitrogens is 4. The number of hydrogen-bond acceptors (Lipinski definition) is 4. The Bertz CT molecular complexity index is 1060. The summed E-state index contributed by atoms with van der Waals surface area (Å²) in [5.74, 6) is 1.98. The fourth-order valence-electron chi connectivity index (χ4n) is 3.80. The van der Waals surface area contributed by atoms with Gasteiger partial charge in [0.2, 0.25) is 0 Å². The van der Waals surface area contributed by atoms with Gasteiger partial charge in [-0.1, -0.05) is 6.07 Å². The molecule has 0 saturated carbocycles. The van der Waals surface area contributed by atoms with E-state index in [1.54, 1.807) is 0 Å². The Balaban J connectivity index is 1.32. The van der Waals surface area contributed by atoms with Gasteiger partial charge in [-0.05, 0) is 31.2 Å². The maximum Gasteiger partial charge on any atom is 0.154 e. The van der Waals surface area contributed by atoms with E-state index in [0.717, 1.165) is 59.6 Å². The molecule has 4 heterocycles. The Labute approximate surface area is 151 Å². The quantitative estimate of drug-likeness (QED) is 0.615. The van der Waals surface area contributed by atoms with Crippen molar-refractivity contribution in [3.05, 3.63) is 54.6 Å². The summed E-state index contributed by atoms with van der Waals surface area (Å²) in [6, 6.07) is 10.3. The second-order valence-corrected chi connectivity index (χ2v) is 6.87. The van der Waals surface area contributed by atoms with Crippen molar-refractivity contribution in [1.82, 2.24) is 19.6 Å². The fraction of sp³-hybridized carbons (Fsp3) is 0.300. The first kappa shape index (κ1) is 15.3. The van der Waals surface area contributed by atoms with Gasteiger partial charge in [0.25, 0.3) is 0 Å². The monoisotopic (exact) mass is 347 g/mol. The summed E-state index contributed by atoms with van der Waals surface area (Å²) in [7, 11) is 0. The summed E-state index contributed by atoms with van der Waals surface area (Å²) < 4.78 is 8.23. The van der Waals surface area contributed by atoms with E-state index >= 15 is 0 Å². The lowest BCUT2D eigenvalue weighted by Crippen LogP contribution is -2.38. The number of aryl methyl sites for hydroxylation is 1. The lowest BCUT2D eigenvalue weighted by atomic mass is 10.1. The molecule has 0 spiro atoms. The number of nitrogens with one attached hydrogen (secondary N) is 1. The Morgan fingerprint density at radius 3 is 2.96 bits per heavy atom. The third kappa shape index (κ3) is 2.58. The number of hydrogen-bond donors (Lipinski definition) is 1. The molecule has 1 fully saturated rings. The summed E-state index contributed by atoms with van der Waals surface area (Å²) in [5.41, 5.74) is 3.20. The molecule has 6 nitrogen and oxygen atoms in total. The molecule has 0 radical (unpaired) electrons. The van der Waals surface area contributed by atoms with Gasteiger partial charge in [-0.3, -0.25) is 0 Å². The van der Waals surface area contributed by atoms with E-state index in [1.807, 2.05) is 36.1 Å². The summed E-state index contributed by atoms with van der Waals surface area (Å²) in [5, 5.41) is 5.63. The topological polar surface area (TPSA) is 58.5 Å². The molecular weight excluding hydrogens is 326 g/mol. The van der Waals surface area contributed by atoms with Gasteiger partial charge in [-0.2, -0.15) is 5.10 Å². The van der Waals surface area contributed by atoms with Crippen LogP contribution in [0.2, 0.25) is 0 Å². The van der Waals surface area contributed by atoms with Gasteiger partial charge in [0.15, 0.2) is 5.82 Å². The minimum Gasteiger partial charge on any atom is -0.490 e. The Kier molecular flexibility index (Phi) is 3.55. The highest BCUT2D eigenvalue weighted by atomic mass is 16.5. The third-order valence-corrected chi connectivity index (χ3v) is 5.08. The molecule has 0 atom stereocenters. The number of anilines is 1. The first-order chi connectivity index (χ1) is 12.8. The first-order valence-electron chi connectivity index (χ1n) is 9.06. The standard InChI is InChI=1S/C20H21N5O/c1-14-13-18-20(22-9-12-25(18)23-14)24-10-6-15(7-11-24)26-19-4-2-3-17-16(19)5-8-21-17/h2-5,8-9,12-13,15,21H,6-7,10-11H2,1H3. The van der Waals surface area contributed by atoms with Crippen molar-refractivity contribution in [3.8, 4) is 5.75 Å². The van der Waals surface area contributed by atoms with E-state index in [4.69, 9.17) is 4.74 Å². The van der Waals surface area contributed by atoms with Crippen LogP contribution in [0.1, 0.15) is 18.5 Å². The number of aromatic amines is 1. The van der Waals surface area contributed by atoms with Crippen LogP contribution in [0, 0.1) is 6.92 Å². The molecule has 0 aliphatic carbocycles. The third-order valence-electron chi connectivity index (χ3n) is 5.08. The van der Waals surface area contributed by atoms with Crippen LogP contribution in [0.15, 0.2) is 48.9 Å². The highest BCUT2D eigenvalue weighted by Gasteiger charge is 2.23. The molecule has 1 aliphatic rings. The molecule has 3 aromatic heterocycles. The highest BCUT2D eigenvalue weighted by Crippen LogP contribution is 2.29. The number of fused-ring (bicyclic) bond motifs is 2. The van der Waals surface area contributed by atoms with Crippen molar-refractivity contribution in [2.24, 2.45) is 0 Å². The van der Waals surface area contributed by atoms with Gasteiger partial charge in [0, 0.05) is 55.4 Å². The molecule has 132 valence electrons. The normalized spacial score (nSPS) is 15.8. The van der Waals surface area contributed by atoms with Crippen LogP contribution in [0.25, 0.3) is 16.4 Å². The second-order valence-electron chi connectivity index (χ2n) is 6.87. The molecule has 26 heavy (non-hydrogen) atoms. The summed E-state index contributed by atoms with van der Waals surface area (Å²) in [6.07, 6.45) is 7.88. The smallest absolute Gasteiger partial charge is 0.154 e. The predicted molar refractivity (Wildman–Crippen MR) is 102 cm³/mol. The van der Waals surface area contributed by atoms with E-state index in [-0.39, 0.29) is 6.10 Å². The van der Waals surface area contributed by atoms with Crippen LogP contribution in [0.3, 0.4) is 0 Å². The molecule has 5 rings (SSSR count). The Morgan fingerprint density at radius 2 is 2.08 bits per heavy atom. The lowest BCUT2D eigenvalue weighted by molar-refractivity contribution is 0.173. The van der Waals surface area contributed by atoms with Crippen LogP contribution in [0.5, 0.6) is 5.75 Å². The van der Waals surface area contributed by atoms with Crippen LogP contribution < -0.4 is 9.64 Å². The summed E-state index contributed by atoms with van der Waals surface area (Å²) >= 11 is 0. The lowest BCUT2D eigenvalue weighted by Gasteiger charge is -2.33. The number of ether oxygens (including phenoxy) is 1. The molecule has 0 amide bonds. The number of benzene rings is 1. The van der Waals surface area contributed by atoms with Crippen molar-refractivity contribution >= 4 is 22.2 Å². The molecule has 0 unspecified atom stereocenters. The van der Waals surface area contributed by atoms with Crippen LogP contribution in [0.4, 0.5) is 5.82 Å². The molecule has 6 heteroatoms. The zero-order valence-corrected chi connectivity index (χ0v) is 14.7. The van der Waals surface area contributed by atoms with Crippen molar-refractivity contribution in [3.63, 3.8) is 0 Å². The molecule has 0 bridgehead atoms. The zero-order valence-electron chi connectivity index (χ0n) is 14.7. The maximum absolute atomic E-state index is 6.32. The SMILES string of the molecule is Cc1cc2c(N3CCC(Oc4cccc5[nH]ccc45)CC3)nccn2n1. The number of H-pyrrole nitrogens is 1. The first-order valence-corrected chi connectivity index (χ1v) is 9.06.